The van der Waals surface area contributed by atoms with E-state index in [4.69, 9.17) is 25.6 Å². The van der Waals surface area contributed by atoms with Crippen molar-refractivity contribution in [2.24, 2.45) is 0 Å². The van der Waals surface area contributed by atoms with Gasteiger partial charge in [-0.25, -0.2) is 0 Å². The summed E-state index contributed by atoms with van der Waals surface area (Å²) in [5, 5.41) is 7.48. The number of carbonyl (C=O) groups excluding carboxylic acids is 1. The van der Waals surface area contributed by atoms with Crippen LogP contribution in [0.1, 0.15) is 10.4 Å². The first-order valence-corrected chi connectivity index (χ1v) is 9.69. The van der Waals surface area contributed by atoms with Gasteiger partial charge in [-0.1, -0.05) is 47.1 Å². The molecule has 0 aliphatic heterocycles. The third kappa shape index (κ3) is 4.36. The lowest BCUT2D eigenvalue weighted by Gasteiger charge is -2.14. The van der Waals surface area contributed by atoms with Crippen molar-refractivity contribution >= 4 is 23.2 Å². The second-order valence-corrected chi connectivity index (χ2v) is 6.94. The number of hydrogen-bond acceptors (Lipinski definition) is 6. The number of hydrogen-bond donors (Lipinski definition) is 1. The van der Waals surface area contributed by atoms with E-state index in [2.05, 4.69) is 15.5 Å². The first kappa shape index (κ1) is 20.4. The van der Waals surface area contributed by atoms with E-state index in [1.165, 1.54) is 14.2 Å². The highest BCUT2D eigenvalue weighted by Crippen LogP contribution is 2.39. The summed E-state index contributed by atoms with van der Waals surface area (Å²) in [5.41, 5.74) is 2.18. The quantitative estimate of drug-likeness (QED) is 0.440. The molecule has 0 fully saturated rings. The van der Waals surface area contributed by atoms with Crippen molar-refractivity contribution in [3.63, 3.8) is 0 Å². The largest absolute Gasteiger partial charge is 0.493 e. The monoisotopic (exact) mass is 435 g/mol. The maximum absolute atomic E-state index is 12.8. The summed E-state index contributed by atoms with van der Waals surface area (Å²) in [6.07, 6.45) is 0. The lowest BCUT2D eigenvalue weighted by Crippen LogP contribution is -2.13. The van der Waals surface area contributed by atoms with Crippen molar-refractivity contribution in [3.8, 4) is 34.3 Å². The summed E-state index contributed by atoms with van der Waals surface area (Å²) < 4.78 is 16.3. The van der Waals surface area contributed by atoms with Crippen molar-refractivity contribution in [3.05, 3.63) is 77.3 Å². The Balaban J connectivity index is 1.75. The third-order valence-electron chi connectivity index (χ3n) is 4.57. The Morgan fingerprint density at radius 2 is 1.65 bits per heavy atom. The molecule has 8 heteroatoms. The molecule has 1 heterocycles. The molecule has 156 valence electrons. The van der Waals surface area contributed by atoms with E-state index in [0.717, 1.165) is 5.56 Å². The lowest BCUT2D eigenvalue weighted by atomic mass is 10.1. The summed E-state index contributed by atoms with van der Waals surface area (Å²) >= 11 is 5.92. The van der Waals surface area contributed by atoms with Crippen LogP contribution in [0.15, 0.2) is 71.3 Å². The van der Waals surface area contributed by atoms with Crippen molar-refractivity contribution in [1.29, 1.82) is 0 Å². The van der Waals surface area contributed by atoms with E-state index < -0.39 is 0 Å². The number of nitrogens with zero attached hydrogens (tertiary/aromatic N) is 2. The summed E-state index contributed by atoms with van der Waals surface area (Å²) in [7, 11) is 3.04. The number of amides is 1. The predicted octanol–water partition coefficient (Wildman–Crippen LogP) is 5.33. The zero-order valence-corrected chi connectivity index (χ0v) is 17.5. The number of aromatic nitrogens is 2. The molecule has 4 aromatic rings. The molecule has 1 aromatic heterocycles. The highest BCUT2D eigenvalue weighted by Gasteiger charge is 2.20. The molecule has 0 unspecified atom stereocenters. The molecule has 1 N–H and O–H groups in total. The van der Waals surface area contributed by atoms with Crippen molar-refractivity contribution < 1.29 is 18.8 Å². The Morgan fingerprint density at radius 3 is 2.32 bits per heavy atom. The standard InChI is InChI=1S/C23H18ClN3O4/c1-29-19-12-17(23-26-21(27-31-23)14-6-4-3-5-7-14)18(13-20(19)30-2)25-22(28)15-8-10-16(24)11-9-15/h3-13H,1-2H3,(H,25,28). The fourth-order valence-electron chi connectivity index (χ4n) is 2.99. The molecule has 0 atom stereocenters. The van der Waals surface area contributed by atoms with Crippen LogP contribution in [-0.4, -0.2) is 30.3 Å². The normalized spacial score (nSPS) is 10.5. The number of benzene rings is 3. The Hall–Kier alpha value is -3.84. The van der Waals surface area contributed by atoms with Gasteiger partial charge in [0.05, 0.1) is 25.5 Å². The Kier molecular flexibility index (Phi) is 5.86. The second kappa shape index (κ2) is 8.89. The number of rotatable bonds is 6. The second-order valence-electron chi connectivity index (χ2n) is 6.50. The number of nitrogens with one attached hydrogen (secondary N) is 1. The topological polar surface area (TPSA) is 86.5 Å². The van der Waals surface area contributed by atoms with Crippen LogP contribution in [0.4, 0.5) is 5.69 Å². The highest BCUT2D eigenvalue weighted by atomic mass is 35.5. The first-order valence-electron chi connectivity index (χ1n) is 9.31. The van der Waals surface area contributed by atoms with E-state index in [9.17, 15) is 4.79 Å². The van der Waals surface area contributed by atoms with Crippen LogP contribution in [-0.2, 0) is 0 Å². The van der Waals surface area contributed by atoms with Crippen LogP contribution in [0.2, 0.25) is 5.02 Å². The van der Waals surface area contributed by atoms with E-state index in [1.807, 2.05) is 30.3 Å². The van der Waals surface area contributed by atoms with Crippen molar-refractivity contribution in [2.45, 2.75) is 0 Å². The third-order valence-corrected chi connectivity index (χ3v) is 4.82. The molecule has 0 spiro atoms. The molecule has 0 saturated carbocycles. The fraction of sp³-hybridized carbons (Fsp3) is 0.0870. The Labute approximate surface area is 183 Å². The van der Waals surface area contributed by atoms with Gasteiger partial charge in [0, 0.05) is 22.2 Å². The van der Waals surface area contributed by atoms with Gasteiger partial charge in [0.2, 0.25) is 5.82 Å². The van der Waals surface area contributed by atoms with Gasteiger partial charge in [-0.2, -0.15) is 4.98 Å². The Bertz CT molecular complexity index is 1210. The van der Waals surface area contributed by atoms with Gasteiger partial charge in [-0.3, -0.25) is 4.79 Å². The van der Waals surface area contributed by atoms with E-state index in [1.54, 1.807) is 36.4 Å². The zero-order valence-electron chi connectivity index (χ0n) is 16.8. The van der Waals surface area contributed by atoms with E-state index >= 15 is 0 Å². The van der Waals surface area contributed by atoms with Crippen LogP contribution < -0.4 is 14.8 Å². The molecule has 0 aliphatic rings. The number of methoxy groups -OCH3 is 2. The molecule has 0 radical (unpaired) electrons. The molecular formula is C23H18ClN3O4. The molecule has 4 rings (SSSR count). The SMILES string of the molecule is COc1cc(NC(=O)c2ccc(Cl)cc2)c(-c2nc(-c3ccccc3)no2)cc1OC. The van der Waals surface area contributed by atoms with Gasteiger partial charge in [0.25, 0.3) is 11.8 Å². The van der Waals surface area contributed by atoms with Crippen molar-refractivity contribution in [2.75, 3.05) is 19.5 Å². The molecular weight excluding hydrogens is 418 g/mol. The molecule has 1 amide bonds. The summed E-state index contributed by atoms with van der Waals surface area (Å²) in [4.78, 5) is 17.3. The number of anilines is 1. The van der Waals surface area contributed by atoms with Crippen LogP contribution in [0.5, 0.6) is 11.5 Å². The summed E-state index contributed by atoms with van der Waals surface area (Å²) in [5.74, 6) is 1.24. The van der Waals surface area contributed by atoms with E-state index in [-0.39, 0.29) is 11.8 Å². The van der Waals surface area contributed by atoms with Crippen LogP contribution in [0.25, 0.3) is 22.8 Å². The van der Waals surface area contributed by atoms with Crippen molar-refractivity contribution in [1.82, 2.24) is 10.1 Å². The summed E-state index contributed by atoms with van der Waals surface area (Å²) in [6, 6.07) is 19.3. The minimum Gasteiger partial charge on any atom is -0.493 e. The number of ether oxygens (including phenoxy) is 2. The van der Waals surface area contributed by atoms with Crippen LogP contribution in [0, 0.1) is 0 Å². The smallest absolute Gasteiger partial charge is 0.260 e. The van der Waals surface area contributed by atoms with Gasteiger partial charge in [-0.15, -0.1) is 0 Å². The molecule has 0 saturated heterocycles. The zero-order chi connectivity index (χ0) is 21.8. The Morgan fingerprint density at radius 1 is 0.968 bits per heavy atom. The van der Waals surface area contributed by atoms with Gasteiger partial charge < -0.3 is 19.3 Å². The maximum Gasteiger partial charge on any atom is 0.260 e. The van der Waals surface area contributed by atoms with Gasteiger partial charge in [-0.05, 0) is 30.3 Å². The highest BCUT2D eigenvalue weighted by molar-refractivity contribution is 6.30. The number of carbonyl (C=O) groups is 1. The molecule has 3 aromatic carbocycles. The lowest BCUT2D eigenvalue weighted by molar-refractivity contribution is 0.102. The molecule has 0 aliphatic carbocycles. The van der Waals surface area contributed by atoms with Gasteiger partial charge in [0.15, 0.2) is 11.5 Å². The first-order chi connectivity index (χ1) is 15.1. The molecule has 7 nitrogen and oxygen atoms in total. The van der Waals surface area contributed by atoms with Gasteiger partial charge >= 0.3 is 0 Å². The summed E-state index contributed by atoms with van der Waals surface area (Å²) in [6.45, 7) is 0. The fourth-order valence-corrected chi connectivity index (χ4v) is 3.12. The predicted molar refractivity (Wildman–Crippen MR) is 118 cm³/mol. The molecule has 31 heavy (non-hydrogen) atoms. The average molecular weight is 436 g/mol. The van der Waals surface area contributed by atoms with Gasteiger partial charge in [0.1, 0.15) is 0 Å². The molecule has 0 bridgehead atoms. The van der Waals surface area contributed by atoms with Crippen LogP contribution in [0.3, 0.4) is 0 Å². The number of halogens is 1. The van der Waals surface area contributed by atoms with E-state index in [0.29, 0.717) is 39.2 Å². The average Bonchev–Trinajstić information content (AvgIpc) is 3.30. The minimum absolute atomic E-state index is 0.228. The van der Waals surface area contributed by atoms with Crippen LogP contribution >= 0.6 is 11.6 Å². The maximum atomic E-state index is 12.8. The minimum atomic E-state index is -0.326.